The Kier molecular flexibility index (Phi) is 7.19. The minimum absolute atomic E-state index is 0.0595. The second-order valence-electron chi connectivity index (χ2n) is 7.89. The summed E-state index contributed by atoms with van der Waals surface area (Å²) in [5, 5.41) is 9.78. The maximum atomic E-state index is 13.7. The molecule has 12 heteroatoms. The summed E-state index contributed by atoms with van der Waals surface area (Å²) in [5.41, 5.74) is 0.192. The van der Waals surface area contributed by atoms with Crippen molar-refractivity contribution < 1.29 is 41.9 Å². The molecule has 0 fully saturated rings. The quantitative estimate of drug-likeness (QED) is 0.324. The molecule has 196 valence electrons. The van der Waals surface area contributed by atoms with Crippen molar-refractivity contribution in [3.63, 3.8) is 0 Å². The van der Waals surface area contributed by atoms with Crippen LogP contribution in [0.2, 0.25) is 0 Å². The van der Waals surface area contributed by atoms with E-state index in [1.165, 1.54) is 27.4 Å². The summed E-state index contributed by atoms with van der Waals surface area (Å²) >= 11 is 0. The van der Waals surface area contributed by atoms with Gasteiger partial charge in [-0.3, -0.25) is 14.2 Å². The van der Waals surface area contributed by atoms with E-state index in [1.54, 1.807) is 42.5 Å². The molecule has 0 saturated carbocycles. The lowest BCUT2D eigenvalue weighted by atomic mass is 10.1. The topological polar surface area (TPSA) is 152 Å². The Hall–Kier alpha value is -4.68. The maximum Gasteiger partial charge on any atom is 0.337 e. The summed E-state index contributed by atoms with van der Waals surface area (Å²) in [4.78, 5) is 30.6. The van der Waals surface area contributed by atoms with Crippen molar-refractivity contribution in [1.29, 1.82) is 0 Å². The third-order valence-electron chi connectivity index (χ3n) is 5.62. The molecule has 0 atom stereocenters. The summed E-state index contributed by atoms with van der Waals surface area (Å²) in [6.45, 7) is 0. The largest absolute Gasteiger partial charge is 0.493 e. The van der Waals surface area contributed by atoms with Gasteiger partial charge in [0, 0.05) is 5.56 Å². The number of carbonyl (C=O) groups is 2. The molecule has 1 amide bonds. The summed E-state index contributed by atoms with van der Waals surface area (Å²) in [6, 6.07) is 14.5. The number of nitrogens with zero attached hydrogens (tertiary/aromatic N) is 2. The van der Waals surface area contributed by atoms with Gasteiger partial charge in [0.05, 0.1) is 37.5 Å². The van der Waals surface area contributed by atoms with Crippen molar-refractivity contribution in [1.82, 2.24) is 0 Å². The lowest BCUT2D eigenvalue weighted by Gasteiger charge is -2.21. The first-order valence-corrected chi connectivity index (χ1v) is 12.4. The van der Waals surface area contributed by atoms with Crippen molar-refractivity contribution in [2.75, 3.05) is 26.2 Å². The standard InChI is InChI=1S/C26H22N2O9S/c1-35-21-12-15(13-22(36-2)23(21)37-3)11-19-25(29)28(24(27-19)16-7-5-4-6-8-16)20-14-17(38(32,33)34)9-10-18(20)26(30)31/h4-14H,1-3H3,(H,30,31)(H,32,33,34)/b19-11-. The van der Waals surface area contributed by atoms with Gasteiger partial charge >= 0.3 is 5.97 Å². The Balaban J connectivity index is 1.94. The SMILES string of the molecule is COc1cc(/C=C2\N=C(c3ccccc3)N(c3cc(S(=O)(=O)O)ccc3C(=O)O)C2=O)cc(OC)c1OC. The lowest BCUT2D eigenvalue weighted by Crippen LogP contribution is -2.34. The highest BCUT2D eigenvalue weighted by Crippen LogP contribution is 2.39. The molecular formula is C26H22N2O9S. The van der Waals surface area contributed by atoms with Gasteiger partial charge in [0.1, 0.15) is 11.5 Å². The molecule has 0 bridgehead atoms. The number of anilines is 1. The average Bonchev–Trinajstić information content (AvgIpc) is 3.22. The van der Waals surface area contributed by atoms with E-state index in [4.69, 9.17) is 14.2 Å². The van der Waals surface area contributed by atoms with Crippen LogP contribution in [0.5, 0.6) is 17.2 Å². The molecular weight excluding hydrogens is 516 g/mol. The van der Waals surface area contributed by atoms with Crippen molar-refractivity contribution in [3.05, 3.63) is 83.1 Å². The second kappa shape index (κ2) is 10.4. The number of hydrogen-bond acceptors (Lipinski definition) is 8. The van der Waals surface area contributed by atoms with Gasteiger partial charge in [-0.1, -0.05) is 30.3 Å². The Morgan fingerprint density at radius 1 is 0.947 bits per heavy atom. The Bertz CT molecular complexity index is 1570. The van der Waals surface area contributed by atoms with Crippen LogP contribution in [0.25, 0.3) is 6.08 Å². The Morgan fingerprint density at radius 3 is 2.11 bits per heavy atom. The molecule has 0 aromatic heterocycles. The van der Waals surface area contributed by atoms with Crippen molar-refractivity contribution in [2.45, 2.75) is 4.90 Å². The Labute approximate surface area is 218 Å². The number of carboxylic acid groups (broad SMARTS) is 1. The summed E-state index contributed by atoms with van der Waals surface area (Å²) < 4.78 is 49.3. The van der Waals surface area contributed by atoms with Gasteiger partial charge in [0.25, 0.3) is 16.0 Å². The van der Waals surface area contributed by atoms with E-state index in [-0.39, 0.29) is 22.8 Å². The fourth-order valence-electron chi connectivity index (χ4n) is 3.90. The minimum Gasteiger partial charge on any atom is -0.493 e. The van der Waals surface area contributed by atoms with Gasteiger partial charge in [-0.2, -0.15) is 8.42 Å². The number of rotatable bonds is 8. The van der Waals surface area contributed by atoms with Crippen LogP contribution in [-0.2, 0) is 14.9 Å². The van der Waals surface area contributed by atoms with E-state index >= 15 is 0 Å². The number of benzene rings is 3. The van der Waals surface area contributed by atoms with Crippen LogP contribution in [0, 0.1) is 0 Å². The third-order valence-corrected chi connectivity index (χ3v) is 6.47. The van der Waals surface area contributed by atoms with E-state index < -0.39 is 26.9 Å². The number of hydrogen-bond donors (Lipinski definition) is 2. The maximum absolute atomic E-state index is 13.7. The van der Waals surface area contributed by atoms with Crippen LogP contribution in [-0.4, -0.2) is 57.1 Å². The molecule has 0 unspecified atom stereocenters. The monoisotopic (exact) mass is 538 g/mol. The summed E-state index contributed by atoms with van der Waals surface area (Å²) in [6.07, 6.45) is 1.45. The van der Waals surface area contributed by atoms with E-state index in [1.807, 2.05) is 0 Å². The van der Waals surface area contributed by atoms with Crippen molar-refractivity contribution in [3.8, 4) is 17.2 Å². The van der Waals surface area contributed by atoms with E-state index in [9.17, 15) is 27.7 Å². The Morgan fingerprint density at radius 2 is 1.58 bits per heavy atom. The van der Waals surface area contributed by atoms with E-state index in [0.29, 0.717) is 28.4 Å². The summed E-state index contributed by atoms with van der Waals surface area (Å²) in [5.74, 6) is -1.07. The number of amides is 1. The first-order valence-electron chi connectivity index (χ1n) is 10.9. The zero-order chi connectivity index (χ0) is 27.6. The zero-order valence-corrected chi connectivity index (χ0v) is 21.2. The number of aliphatic imine (C=N–C) groups is 1. The molecule has 0 spiro atoms. The molecule has 1 heterocycles. The molecule has 0 saturated heterocycles. The highest BCUT2D eigenvalue weighted by atomic mass is 32.2. The minimum atomic E-state index is -4.71. The molecule has 2 N–H and O–H groups in total. The van der Waals surface area contributed by atoms with E-state index in [0.717, 1.165) is 23.1 Å². The molecule has 0 radical (unpaired) electrons. The van der Waals surface area contributed by atoms with Gasteiger partial charge in [0.2, 0.25) is 5.75 Å². The zero-order valence-electron chi connectivity index (χ0n) is 20.4. The van der Waals surface area contributed by atoms with Gasteiger partial charge in [-0.15, -0.1) is 0 Å². The van der Waals surface area contributed by atoms with Gasteiger partial charge in [-0.05, 0) is 42.0 Å². The fourth-order valence-corrected chi connectivity index (χ4v) is 4.40. The van der Waals surface area contributed by atoms with Crippen LogP contribution in [0.15, 0.2) is 76.2 Å². The van der Waals surface area contributed by atoms with Gasteiger partial charge in [0.15, 0.2) is 11.5 Å². The number of carbonyl (C=O) groups excluding carboxylic acids is 1. The summed E-state index contributed by atoms with van der Waals surface area (Å²) in [7, 11) is -0.369. The average molecular weight is 539 g/mol. The fraction of sp³-hybridized carbons (Fsp3) is 0.115. The predicted octanol–water partition coefficient (Wildman–Crippen LogP) is 3.49. The number of ether oxygens (including phenoxy) is 3. The molecule has 3 aromatic rings. The molecule has 1 aliphatic rings. The second-order valence-corrected chi connectivity index (χ2v) is 9.31. The highest BCUT2D eigenvalue weighted by molar-refractivity contribution is 7.85. The molecule has 38 heavy (non-hydrogen) atoms. The molecule has 11 nitrogen and oxygen atoms in total. The first-order chi connectivity index (χ1) is 18.1. The van der Waals surface area contributed by atoms with Crippen LogP contribution in [0.3, 0.4) is 0 Å². The molecule has 4 rings (SSSR count). The van der Waals surface area contributed by atoms with Crippen LogP contribution < -0.4 is 19.1 Å². The number of aromatic carboxylic acids is 1. The normalized spacial score (nSPS) is 14.4. The lowest BCUT2D eigenvalue weighted by molar-refractivity contribution is -0.113. The van der Waals surface area contributed by atoms with Gasteiger partial charge < -0.3 is 19.3 Å². The van der Waals surface area contributed by atoms with E-state index in [2.05, 4.69) is 4.99 Å². The van der Waals surface area contributed by atoms with Crippen molar-refractivity contribution in [2.24, 2.45) is 4.99 Å². The highest BCUT2D eigenvalue weighted by Gasteiger charge is 2.35. The number of methoxy groups -OCH3 is 3. The predicted molar refractivity (Wildman–Crippen MR) is 138 cm³/mol. The van der Waals surface area contributed by atoms with Crippen LogP contribution >= 0.6 is 0 Å². The third kappa shape index (κ3) is 4.94. The molecule has 3 aromatic carbocycles. The molecule has 1 aliphatic heterocycles. The number of amidine groups is 1. The number of carboxylic acids is 1. The molecule has 0 aliphatic carbocycles. The first kappa shape index (κ1) is 26.4. The smallest absolute Gasteiger partial charge is 0.337 e. The van der Waals surface area contributed by atoms with Crippen molar-refractivity contribution >= 4 is 39.6 Å². The van der Waals surface area contributed by atoms with Gasteiger partial charge in [-0.25, -0.2) is 9.79 Å². The van der Waals surface area contributed by atoms with Crippen LogP contribution in [0.1, 0.15) is 21.5 Å². The van der Waals surface area contributed by atoms with Crippen LogP contribution in [0.4, 0.5) is 5.69 Å².